The molecule has 0 spiro atoms. The van der Waals surface area contributed by atoms with Crippen LogP contribution in [0.15, 0.2) is 5.10 Å². The normalized spacial score (nSPS) is 30.6. The number of aliphatic carboxylic acids is 1. The molecule has 1 N–H and O–H groups in total. The van der Waals surface area contributed by atoms with Gasteiger partial charge in [-0.3, -0.25) is 9.59 Å². The van der Waals surface area contributed by atoms with Gasteiger partial charge in [0.05, 0.1) is 35.6 Å². The Morgan fingerprint density at radius 1 is 1.56 bits per heavy atom. The van der Waals surface area contributed by atoms with Crippen LogP contribution in [0.25, 0.3) is 0 Å². The molecule has 2 aliphatic rings. The van der Waals surface area contributed by atoms with Gasteiger partial charge in [-0.1, -0.05) is 0 Å². The van der Waals surface area contributed by atoms with Gasteiger partial charge in [-0.15, -0.1) is 0 Å². The second kappa shape index (κ2) is 4.04. The Hall–Kier alpha value is -1.44. The molecule has 1 saturated heterocycles. The van der Waals surface area contributed by atoms with Crippen molar-refractivity contribution in [2.24, 2.45) is 5.10 Å². The molecule has 2 rings (SSSR count). The predicted octanol–water partition coefficient (Wildman–Crippen LogP) is -0.373. The minimum Gasteiger partial charge on any atom is -0.481 e. The summed E-state index contributed by atoms with van der Waals surface area (Å²) in [4.78, 5) is 22.4. The maximum Gasteiger partial charge on any atom is 0.309 e. The summed E-state index contributed by atoms with van der Waals surface area (Å²) in [6.07, 6.45) is 0.0118. The van der Waals surface area contributed by atoms with E-state index in [1.807, 2.05) is 0 Å². The van der Waals surface area contributed by atoms with E-state index in [1.54, 1.807) is 6.92 Å². The van der Waals surface area contributed by atoms with E-state index in [9.17, 15) is 18.0 Å². The molecule has 18 heavy (non-hydrogen) atoms. The van der Waals surface area contributed by atoms with Crippen molar-refractivity contribution in [2.75, 3.05) is 11.5 Å². The fourth-order valence-electron chi connectivity index (χ4n) is 2.34. The number of amides is 1. The lowest BCUT2D eigenvalue weighted by Crippen LogP contribution is -2.45. The van der Waals surface area contributed by atoms with Crippen molar-refractivity contribution in [1.82, 2.24) is 5.01 Å². The summed E-state index contributed by atoms with van der Waals surface area (Å²) >= 11 is 0. The van der Waals surface area contributed by atoms with Gasteiger partial charge in [-0.25, -0.2) is 13.4 Å². The fourth-order valence-corrected chi connectivity index (χ4v) is 4.45. The van der Waals surface area contributed by atoms with Crippen molar-refractivity contribution in [1.29, 1.82) is 0 Å². The summed E-state index contributed by atoms with van der Waals surface area (Å²) in [5.41, 5.74) is -0.561. The Morgan fingerprint density at radius 2 is 2.22 bits per heavy atom. The number of hydrogen-bond acceptors (Lipinski definition) is 5. The summed E-state index contributed by atoms with van der Waals surface area (Å²) in [6, 6.07) is 0. The highest BCUT2D eigenvalue weighted by molar-refractivity contribution is 7.91. The summed E-state index contributed by atoms with van der Waals surface area (Å²) < 4.78 is 23.0. The van der Waals surface area contributed by atoms with Gasteiger partial charge in [0.2, 0.25) is 5.91 Å². The molecule has 1 amide bonds. The molecule has 0 radical (unpaired) electrons. The minimum atomic E-state index is -3.13. The van der Waals surface area contributed by atoms with Crippen molar-refractivity contribution in [2.45, 2.75) is 31.7 Å². The fraction of sp³-hybridized carbons (Fsp3) is 0.700. The van der Waals surface area contributed by atoms with Crippen molar-refractivity contribution < 1.29 is 23.1 Å². The lowest BCUT2D eigenvalue weighted by molar-refractivity contribution is -0.135. The number of carboxylic acid groups (broad SMARTS) is 1. The van der Waals surface area contributed by atoms with Crippen LogP contribution in [0.3, 0.4) is 0 Å². The Bertz CT molecular complexity index is 538. The minimum absolute atomic E-state index is 0.0388. The van der Waals surface area contributed by atoms with Crippen LogP contribution in [0.2, 0.25) is 0 Å². The molecule has 7 nitrogen and oxygen atoms in total. The molecule has 2 aliphatic heterocycles. The van der Waals surface area contributed by atoms with Gasteiger partial charge < -0.3 is 5.11 Å². The zero-order chi connectivity index (χ0) is 13.6. The van der Waals surface area contributed by atoms with Crippen LogP contribution in [-0.4, -0.2) is 53.2 Å². The van der Waals surface area contributed by atoms with Crippen LogP contribution < -0.4 is 0 Å². The Labute approximate surface area is 104 Å². The number of carbonyl (C=O) groups is 2. The highest BCUT2D eigenvalue weighted by Crippen LogP contribution is 2.32. The van der Waals surface area contributed by atoms with E-state index in [0.29, 0.717) is 6.42 Å². The first-order valence-electron chi connectivity index (χ1n) is 5.53. The van der Waals surface area contributed by atoms with E-state index in [1.165, 1.54) is 0 Å². The van der Waals surface area contributed by atoms with Crippen molar-refractivity contribution in [3.8, 4) is 0 Å². The summed E-state index contributed by atoms with van der Waals surface area (Å²) in [6.45, 7) is 1.67. The summed E-state index contributed by atoms with van der Waals surface area (Å²) in [5.74, 6) is -1.45. The van der Waals surface area contributed by atoms with E-state index in [0.717, 1.165) is 5.01 Å². The van der Waals surface area contributed by atoms with Gasteiger partial charge in [0, 0.05) is 0 Å². The zero-order valence-electron chi connectivity index (χ0n) is 9.92. The molecule has 100 valence electrons. The second-order valence-electron chi connectivity index (χ2n) is 4.96. The largest absolute Gasteiger partial charge is 0.481 e. The molecular formula is C10H14N2O5S. The van der Waals surface area contributed by atoms with Gasteiger partial charge in [0.1, 0.15) is 0 Å². The summed E-state index contributed by atoms with van der Waals surface area (Å²) in [7, 11) is -3.13. The number of hydrazone groups is 1. The van der Waals surface area contributed by atoms with Gasteiger partial charge in [-0.05, 0) is 13.3 Å². The molecule has 0 aliphatic carbocycles. The number of carbonyl (C=O) groups excluding carboxylic acids is 1. The van der Waals surface area contributed by atoms with E-state index >= 15 is 0 Å². The Kier molecular flexibility index (Phi) is 2.92. The second-order valence-corrected chi connectivity index (χ2v) is 7.14. The molecule has 1 atom stereocenters. The SMILES string of the molecule is CC1(N2N=C(CC(=O)O)CC2=O)CCS(=O)(=O)C1. The van der Waals surface area contributed by atoms with E-state index in [4.69, 9.17) is 5.11 Å². The molecule has 0 bridgehead atoms. The predicted molar refractivity (Wildman–Crippen MR) is 62.8 cm³/mol. The Morgan fingerprint density at radius 3 is 2.72 bits per heavy atom. The van der Waals surface area contributed by atoms with Crippen LogP contribution in [0.4, 0.5) is 0 Å². The number of hydrogen-bond donors (Lipinski definition) is 1. The van der Waals surface area contributed by atoms with Gasteiger partial charge >= 0.3 is 5.97 Å². The first kappa shape index (κ1) is 13.0. The third-order valence-corrected chi connectivity index (χ3v) is 5.07. The maximum absolute atomic E-state index is 11.8. The molecule has 0 aromatic carbocycles. The molecule has 1 unspecified atom stereocenters. The van der Waals surface area contributed by atoms with Crippen molar-refractivity contribution in [3.05, 3.63) is 0 Å². The topological polar surface area (TPSA) is 104 Å². The van der Waals surface area contributed by atoms with Gasteiger partial charge in [0.15, 0.2) is 9.84 Å². The quantitative estimate of drug-likeness (QED) is 0.756. The van der Waals surface area contributed by atoms with Crippen LogP contribution in [0, 0.1) is 0 Å². The van der Waals surface area contributed by atoms with Crippen LogP contribution in [-0.2, 0) is 19.4 Å². The average molecular weight is 274 g/mol. The molecule has 0 aromatic rings. The van der Waals surface area contributed by atoms with Gasteiger partial charge in [-0.2, -0.15) is 5.10 Å². The number of sulfone groups is 1. The molecular weight excluding hydrogens is 260 g/mol. The number of carboxylic acids is 1. The lowest BCUT2D eigenvalue weighted by Gasteiger charge is -2.30. The monoisotopic (exact) mass is 274 g/mol. The van der Waals surface area contributed by atoms with Crippen LogP contribution in [0.1, 0.15) is 26.2 Å². The standard InChI is InChI=1S/C10H14N2O5S/c1-10(2-3-18(16,17)6-10)12-8(13)4-7(11-12)5-9(14)15/h2-6H2,1H3,(H,14,15). The van der Waals surface area contributed by atoms with Crippen LogP contribution in [0.5, 0.6) is 0 Å². The van der Waals surface area contributed by atoms with Crippen LogP contribution >= 0.6 is 0 Å². The molecule has 0 aromatic heterocycles. The summed E-state index contributed by atoms with van der Waals surface area (Å²) in [5, 5.41) is 13.8. The average Bonchev–Trinajstić information content (AvgIpc) is 2.68. The Balaban J connectivity index is 2.21. The van der Waals surface area contributed by atoms with Crippen molar-refractivity contribution >= 4 is 27.4 Å². The van der Waals surface area contributed by atoms with E-state index in [2.05, 4.69) is 5.10 Å². The zero-order valence-corrected chi connectivity index (χ0v) is 10.7. The molecule has 1 fully saturated rings. The van der Waals surface area contributed by atoms with E-state index in [-0.39, 0.29) is 36.0 Å². The van der Waals surface area contributed by atoms with E-state index < -0.39 is 21.3 Å². The first-order valence-corrected chi connectivity index (χ1v) is 7.36. The maximum atomic E-state index is 11.8. The number of nitrogens with zero attached hydrogens (tertiary/aromatic N) is 2. The smallest absolute Gasteiger partial charge is 0.309 e. The third-order valence-electron chi connectivity index (χ3n) is 3.18. The highest BCUT2D eigenvalue weighted by Gasteiger charge is 2.47. The highest BCUT2D eigenvalue weighted by atomic mass is 32.2. The number of rotatable bonds is 3. The lowest BCUT2D eigenvalue weighted by atomic mass is 10.0. The molecule has 0 saturated carbocycles. The first-order chi connectivity index (χ1) is 8.22. The molecule has 8 heteroatoms. The van der Waals surface area contributed by atoms with Crippen molar-refractivity contribution in [3.63, 3.8) is 0 Å². The molecule has 2 heterocycles. The van der Waals surface area contributed by atoms with Gasteiger partial charge in [0.25, 0.3) is 0 Å². The third kappa shape index (κ3) is 2.38.